The summed E-state index contributed by atoms with van der Waals surface area (Å²) in [6, 6.07) is 1.89. The monoisotopic (exact) mass is 280 g/mol. The molecule has 0 saturated heterocycles. The minimum absolute atomic E-state index is 0.0620. The first-order valence-electron chi connectivity index (χ1n) is 6.56. The fraction of sp³-hybridized carbons (Fsp3) is 0.533. The van der Waals surface area contributed by atoms with Crippen LogP contribution in [0.3, 0.4) is 0 Å². The zero-order valence-corrected chi connectivity index (χ0v) is 14.1. The van der Waals surface area contributed by atoms with E-state index >= 15 is 0 Å². The number of aldehydes is 1. The van der Waals surface area contributed by atoms with E-state index in [1.807, 2.05) is 13.0 Å². The Hall–Kier alpha value is -1.29. The second kappa shape index (κ2) is 5.78. The zero-order chi connectivity index (χ0) is 14.8. The Kier molecular flexibility index (Phi) is 4.79. The number of rotatable bonds is 4. The van der Waals surface area contributed by atoms with Crippen molar-refractivity contribution in [2.45, 2.75) is 46.2 Å². The number of methoxy groups -OCH3 is 1. The molecule has 1 aromatic carbocycles. The van der Waals surface area contributed by atoms with Gasteiger partial charge in [0, 0.05) is 5.56 Å². The van der Waals surface area contributed by atoms with Crippen molar-refractivity contribution >= 4 is 15.3 Å². The van der Waals surface area contributed by atoms with Crippen LogP contribution in [0.5, 0.6) is 11.5 Å². The Labute approximate surface area is 117 Å². The van der Waals surface area contributed by atoms with Crippen molar-refractivity contribution in [2.24, 2.45) is 0 Å². The van der Waals surface area contributed by atoms with Crippen LogP contribution in [0.4, 0.5) is 0 Å². The van der Waals surface area contributed by atoms with Gasteiger partial charge in [-0.1, -0.05) is 20.8 Å². The van der Waals surface area contributed by atoms with Gasteiger partial charge in [-0.3, -0.25) is 4.79 Å². The van der Waals surface area contributed by atoms with Gasteiger partial charge in [-0.25, -0.2) is 0 Å². The maximum absolute atomic E-state index is 11.3. The van der Waals surface area contributed by atoms with Crippen LogP contribution in [-0.2, 0) is 5.41 Å². The Balaban J connectivity index is 3.63. The van der Waals surface area contributed by atoms with E-state index in [0.717, 1.165) is 17.4 Å². The van der Waals surface area contributed by atoms with Crippen molar-refractivity contribution in [1.29, 1.82) is 0 Å². The normalized spacial score (nSPS) is 11.6. The van der Waals surface area contributed by atoms with Crippen molar-refractivity contribution in [2.75, 3.05) is 7.11 Å². The highest BCUT2D eigenvalue weighted by Gasteiger charge is 2.26. The maximum Gasteiger partial charge on any atom is 0.229 e. The molecule has 19 heavy (non-hydrogen) atoms. The van der Waals surface area contributed by atoms with Crippen LogP contribution in [0.2, 0.25) is 13.1 Å². The van der Waals surface area contributed by atoms with Gasteiger partial charge in [0.25, 0.3) is 0 Å². The summed E-state index contributed by atoms with van der Waals surface area (Å²) < 4.78 is 11.5. The number of benzene rings is 1. The van der Waals surface area contributed by atoms with Crippen molar-refractivity contribution in [1.82, 2.24) is 0 Å². The number of carbonyl (C=O) groups is 1. The van der Waals surface area contributed by atoms with Crippen molar-refractivity contribution in [3.8, 4) is 11.5 Å². The second-order valence-corrected chi connectivity index (χ2v) is 8.39. The van der Waals surface area contributed by atoms with Gasteiger partial charge < -0.3 is 9.16 Å². The highest BCUT2D eigenvalue weighted by atomic mass is 28.3. The predicted molar refractivity (Wildman–Crippen MR) is 81.3 cm³/mol. The minimum atomic E-state index is -1.31. The SMILES string of the molecule is COc1c(O[SiH](C)C)c(C=O)cc(C)c1C(C)(C)C. The Bertz CT molecular complexity index is 473. The largest absolute Gasteiger partial charge is 0.544 e. The quantitative estimate of drug-likeness (QED) is 0.626. The summed E-state index contributed by atoms with van der Waals surface area (Å²) in [6.07, 6.45) is 0.841. The first-order chi connectivity index (χ1) is 8.72. The van der Waals surface area contributed by atoms with Crippen molar-refractivity contribution < 1.29 is 14.0 Å². The molecule has 106 valence electrons. The molecule has 0 unspecified atom stereocenters. The fourth-order valence-corrected chi connectivity index (χ4v) is 3.08. The lowest BCUT2D eigenvalue weighted by Crippen LogP contribution is -2.19. The van der Waals surface area contributed by atoms with E-state index in [1.165, 1.54) is 0 Å². The lowest BCUT2D eigenvalue weighted by atomic mass is 9.82. The van der Waals surface area contributed by atoms with Crippen LogP contribution in [-0.4, -0.2) is 22.4 Å². The molecule has 0 spiro atoms. The summed E-state index contributed by atoms with van der Waals surface area (Å²) in [5.41, 5.74) is 2.67. The van der Waals surface area contributed by atoms with E-state index in [2.05, 4.69) is 33.9 Å². The molecule has 0 aliphatic heterocycles. The van der Waals surface area contributed by atoms with Gasteiger partial charge in [0.1, 0.15) is 0 Å². The third kappa shape index (κ3) is 3.38. The first-order valence-corrected chi connectivity index (χ1v) is 9.34. The first kappa shape index (κ1) is 15.8. The molecule has 4 heteroatoms. The number of hydrogen-bond acceptors (Lipinski definition) is 3. The van der Waals surface area contributed by atoms with Gasteiger partial charge in [-0.05, 0) is 37.1 Å². The van der Waals surface area contributed by atoms with Gasteiger partial charge in [-0.2, -0.15) is 0 Å². The Morgan fingerprint density at radius 2 is 1.79 bits per heavy atom. The van der Waals surface area contributed by atoms with E-state index in [1.54, 1.807) is 7.11 Å². The van der Waals surface area contributed by atoms with Crippen LogP contribution in [0.1, 0.15) is 42.3 Å². The summed E-state index contributed by atoms with van der Waals surface area (Å²) in [5.74, 6) is 1.31. The number of carbonyl (C=O) groups excluding carboxylic acids is 1. The molecule has 1 aromatic rings. The van der Waals surface area contributed by atoms with E-state index in [0.29, 0.717) is 17.1 Å². The fourth-order valence-electron chi connectivity index (χ4n) is 2.37. The third-order valence-corrected chi connectivity index (χ3v) is 3.60. The molecule has 0 N–H and O–H groups in total. The summed E-state index contributed by atoms with van der Waals surface area (Å²) >= 11 is 0. The maximum atomic E-state index is 11.3. The van der Waals surface area contributed by atoms with Crippen LogP contribution < -0.4 is 9.16 Å². The molecule has 0 heterocycles. The second-order valence-electron chi connectivity index (χ2n) is 6.05. The van der Waals surface area contributed by atoms with Crippen LogP contribution >= 0.6 is 0 Å². The molecular weight excluding hydrogens is 256 g/mol. The Morgan fingerprint density at radius 3 is 2.16 bits per heavy atom. The lowest BCUT2D eigenvalue weighted by molar-refractivity contribution is 0.112. The van der Waals surface area contributed by atoms with Gasteiger partial charge >= 0.3 is 0 Å². The molecule has 3 nitrogen and oxygen atoms in total. The molecule has 0 aromatic heterocycles. The van der Waals surface area contributed by atoms with Crippen molar-refractivity contribution in [3.63, 3.8) is 0 Å². The summed E-state index contributed by atoms with van der Waals surface area (Å²) in [5, 5.41) is 0. The highest BCUT2D eigenvalue weighted by Crippen LogP contribution is 2.42. The van der Waals surface area contributed by atoms with E-state index in [-0.39, 0.29) is 5.41 Å². The molecule has 0 bridgehead atoms. The molecular formula is C15H24O3Si. The molecule has 0 aliphatic carbocycles. The smallest absolute Gasteiger partial charge is 0.229 e. The van der Waals surface area contributed by atoms with Crippen LogP contribution in [0, 0.1) is 6.92 Å². The number of hydrogen-bond donors (Lipinski definition) is 0. The predicted octanol–water partition coefficient (Wildman–Crippen LogP) is 3.48. The zero-order valence-electron chi connectivity index (χ0n) is 13.0. The van der Waals surface area contributed by atoms with Crippen LogP contribution in [0.15, 0.2) is 6.07 Å². The van der Waals surface area contributed by atoms with E-state index < -0.39 is 9.04 Å². The highest BCUT2D eigenvalue weighted by molar-refractivity contribution is 6.49. The van der Waals surface area contributed by atoms with E-state index in [4.69, 9.17) is 9.16 Å². The summed E-state index contributed by atoms with van der Waals surface area (Å²) in [7, 11) is 0.322. The molecule has 0 saturated carbocycles. The van der Waals surface area contributed by atoms with Gasteiger partial charge in [-0.15, -0.1) is 0 Å². The minimum Gasteiger partial charge on any atom is -0.544 e. The number of aryl methyl sites for hydroxylation is 1. The molecule has 0 fully saturated rings. The summed E-state index contributed by atoms with van der Waals surface area (Å²) in [4.78, 5) is 11.3. The van der Waals surface area contributed by atoms with Crippen molar-refractivity contribution in [3.05, 3.63) is 22.8 Å². The van der Waals surface area contributed by atoms with E-state index in [9.17, 15) is 4.79 Å². The molecule has 0 radical (unpaired) electrons. The standard InChI is InChI=1S/C15H24O3Si/c1-10-8-11(9-16)13(18-19(6)7)14(17-5)12(10)15(2,3)4/h8-9,19H,1-7H3. The molecule has 0 amide bonds. The van der Waals surface area contributed by atoms with Gasteiger partial charge in [0.2, 0.25) is 9.04 Å². The van der Waals surface area contributed by atoms with Crippen LogP contribution in [0.25, 0.3) is 0 Å². The average Bonchev–Trinajstić information content (AvgIpc) is 2.27. The topological polar surface area (TPSA) is 35.5 Å². The number of ether oxygens (including phenoxy) is 1. The molecule has 0 aliphatic rings. The van der Waals surface area contributed by atoms with Gasteiger partial charge in [0.15, 0.2) is 17.8 Å². The Morgan fingerprint density at radius 1 is 1.21 bits per heavy atom. The molecule has 1 rings (SSSR count). The molecule has 0 atom stereocenters. The van der Waals surface area contributed by atoms with Gasteiger partial charge in [0.05, 0.1) is 12.7 Å². The third-order valence-electron chi connectivity index (χ3n) is 2.90. The summed E-state index contributed by atoms with van der Waals surface area (Å²) in [6.45, 7) is 12.6. The average molecular weight is 280 g/mol. The lowest BCUT2D eigenvalue weighted by Gasteiger charge is -2.27.